The molecule has 0 spiro atoms. The molecule has 0 heterocycles. The van der Waals surface area contributed by atoms with Crippen LogP contribution in [0.5, 0.6) is 0 Å². The summed E-state index contributed by atoms with van der Waals surface area (Å²) in [4.78, 5) is 2.55. The lowest BCUT2D eigenvalue weighted by Gasteiger charge is -2.31. The maximum Gasteiger partial charge on any atom is 0.0320 e. The van der Waals surface area contributed by atoms with Crippen LogP contribution in [0.4, 0.5) is 5.69 Å². The van der Waals surface area contributed by atoms with Crippen molar-refractivity contribution in [3.8, 4) is 0 Å². The summed E-state index contributed by atoms with van der Waals surface area (Å²) in [5.74, 6) is 0.799. The number of nitrogens with two attached hydrogens (primary N) is 1. The van der Waals surface area contributed by atoms with E-state index in [0.29, 0.717) is 6.04 Å². The van der Waals surface area contributed by atoms with Crippen LogP contribution in [-0.2, 0) is 0 Å². The van der Waals surface area contributed by atoms with E-state index in [1.165, 1.54) is 24.9 Å². The molecule has 1 aromatic rings. The average molecular weight is 248 g/mol. The molecule has 1 aromatic carbocycles. The standard InChI is InChI=1S/C16H28N2/c1-5-14(6-2)12-18(7-3)13(4)15-9-8-10-16(17)11-15/h8-11,13-14H,5-7,12,17H2,1-4H3. The van der Waals surface area contributed by atoms with Gasteiger partial charge in [0.1, 0.15) is 0 Å². The van der Waals surface area contributed by atoms with Gasteiger partial charge in [0.2, 0.25) is 0 Å². The molecule has 1 rings (SSSR count). The second-order valence-corrected chi connectivity index (χ2v) is 5.12. The first-order valence-electron chi connectivity index (χ1n) is 7.21. The second kappa shape index (κ2) is 7.42. The zero-order valence-corrected chi connectivity index (χ0v) is 12.3. The van der Waals surface area contributed by atoms with Crippen LogP contribution >= 0.6 is 0 Å². The first-order chi connectivity index (χ1) is 8.62. The summed E-state index contributed by atoms with van der Waals surface area (Å²) in [6.07, 6.45) is 2.52. The predicted molar refractivity (Wildman–Crippen MR) is 80.6 cm³/mol. The monoisotopic (exact) mass is 248 g/mol. The fraction of sp³-hybridized carbons (Fsp3) is 0.625. The highest BCUT2D eigenvalue weighted by atomic mass is 15.1. The molecule has 0 aliphatic rings. The van der Waals surface area contributed by atoms with Gasteiger partial charge in [-0.15, -0.1) is 0 Å². The predicted octanol–water partition coefficient (Wildman–Crippen LogP) is 4.09. The zero-order chi connectivity index (χ0) is 13.5. The Labute approximate surface area is 112 Å². The molecule has 2 N–H and O–H groups in total. The van der Waals surface area contributed by atoms with Crippen LogP contribution in [0.25, 0.3) is 0 Å². The zero-order valence-electron chi connectivity index (χ0n) is 12.3. The van der Waals surface area contributed by atoms with Gasteiger partial charge in [-0.3, -0.25) is 4.90 Å². The van der Waals surface area contributed by atoms with Gasteiger partial charge in [0.15, 0.2) is 0 Å². The van der Waals surface area contributed by atoms with E-state index in [1.807, 2.05) is 12.1 Å². The van der Waals surface area contributed by atoms with Gasteiger partial charge in [-0.1, -0.05) is 45.7 Å². The summed E-state index contributed by atoms with van der Waals surface area (Å²) in [5, 5.41) is 0. The molecule has 102 valence electrons. The first kappa shape index (κ1) is 15.0. The average Bonchev–Trinajstić information content (AvgIpc) is 2.39. The Kier molecular flexibility index (Phi) is 6.20. The van der Waals surface area contributed by atoms with Gasteiger partial charge in [0.25, 0.3) is 0 Å². The van der Waals surface area contributed by atoms with Gasteiger partial charge < -0.3 is 5.73 Å². The fourth-order valence-electron chi connectivity index (χ4n) is 2.47. The molecule has 0 fully saturated rings. The molecular formula is C16H28N2. The Morgan fingerprint density at radius 3 is 2.33 bits per heavy atom. The number of nitrogen functional groups attached to an aromatic ring is 1. The third-order valence-corrected chi connectivity index (χ3v) is 3.99. The number of nitrogens with zero attached hydrogens (tertiary/aromatic N) is 1. The SMILES string of the molecule is CCC(CC)CN(CC)C(C)c1cccc(N)c1. The van der Waals surface area contributed by atoms with Crippen LogP contribution in [0.1, 0.15) is 52.1 Å². The Morgan fingerprint density at radius 2 is 1.83 bits per heavy atom. The molecule has 1 atom stereocenters. The van der Waals surface area contributed by atoms with E-state index in [9.17, 15) is 0 Å². The van der Waals surface area contributed by atoms with Crippen molar-refractivity contribution in [1.82, 2.24) is 4.90 Å². The van der Waals surface area contributed by atoms with Crippen LogP contribution in [-0.4, -0.2) is 18.0 Å². The lowest BCUT2D eigenvalue weighted by Crippen LogP contribution is -2.31. The summed E-state index contributed by atoms with van der Waals surface area (Å²) in [7, 11) is 0. The largest absolute Gasteiger partial charge is 0.399 e. The van der Waals surface area contributed by atoms with Gasteiger partial charge in [0.05, 0.1) is 0 Å². The highest BCUT2D eigenvalue weighted by molar-refractivity contribution is 5.41. The highest BCUT2D eigenvalue weighted by Crippen LogP contribution is 2.24. The molecule has 2 heteroatoms. The van der Waals surface area contributed by atoms with E-state index >= 15 is 0 Å². The smallest absolute Gasteiger partial charge is 0.0320 e. The van der Waals surface area contributed by atoms with Crippen molar-refractivity contribution in [2.75, 3.05) is 18.8 Å². The van der Waals surface area contributed by atoms with E-state index in [1.54, 1.807) is 0 Å². The maximum absolute atomic E-state index is 5.87. The maximum atomic E-state index is 5.87. The van der Waals surface area contributed by atoms with Crippen molar-refractivity contribution in [1.29, 1.82) is 0 Å². The summed E-state index contributed by atoms with van der Waals surface area (Å²) in [6.45, 7) is 11.4. The molecule has 0 radical (unpaired) electrons. The van der Waals surface area contributed by atoms with Gasteiger partial charge in [-0.05, 0) is 37.1 Å². The van der Waals surface area contributed by atoms with Gasteiger partial charge >= 0.3 is 0 Å². The van der Waals surface area contributed by atoms with Gasteiger partial charge in [0, 0.05) is 18.3 Å². The first-order valence-corrected chi connectivity index (χ1v) is 7.21. The minimum absolute atomic E-state index is 0.444. The minimum atomic E-state index is 0.444. The number of hydrogen-bond donors (Lipinski definition) is 1. The van der Waals surface area contributed by atoms with Gasteiger partial charge in [-0.2, -0.15) is 0 Å². The number of benzene rings is 1. The van der Waals surface area contributed by atoms with Crippen LogP contribution in [0, 0.1) is 5.92 Å². The van der Waals surface area contributed by atoms with E-state index in [2.05, 4.69) is 44.7 Å². The summed E-state index contributed by atoms with van der Waals surface area (Å²) >= 11 is 0. The summed E-state index contributed by atoms with van der Waals surface area (Å²) < 4.78 is 0. The molecule has 0 saturated heterocycles. The quantitative estimate of drug-likeness (QED) is 0.736. The molecule has 0 amide bonds. The molecule has 2 nitrogen and oxygen atoms in total. The Balaban J connectivity index is 2.75. The minimum Gasteiger partial charge on any atom is -0.399 e. The highest BCUT2D eigenvalue weighted by Gasteiger charge is 2.17. The fourth-order valence-corrected chi connectivity index (χ4v) is 2.47. The van der Waals surface area contributed by atoms with Crippen LogP contribution in [0.2, 0.25) is 0 Å². The Hall–Kier alpha value is -1.02. The number of rotatable bonds is 7. The third-order valence-electron chi connectivity index (χ3n) is 3.99. The second-order valence-electron chi connectivity index (χ2n) is 5.12. The molecule has 0 aliphatic heterocycles. The van der Waals surface area contributed by atoms with Crippen LogP contribution in [0.15, 0.2) is 24.3 Å². The van der Waals surface area contributed by atoms with Crippen molar-refractivity contribution in [2.24, 2.45) is 5.92 Å². The van der Waals surface area contributed by atoms with Crippen molar-refractivity contribution >= 4 is 5.69 Å². The molecule has 0 aliphatic carbocycles. The normalized spacial score (nSPS) is 13.2. The van der Waals surface area contributed by atoms with E-state index in [-0.39, 0.29) is 0 Å². The number of hydrogen-bond acceptors (Lipinski definition) is 2. The third kappa shape index (κ3) is 4.02. The van der Waals surface area contributed by atoms with Crippen molar-refractivity contribution in [3.63, 3.8) is 0 Å². The van der Waals surface area contributed by atoms with Crippen molar-refractivity contribution in [3.05, 3.63) is 29.8 Å². The number of anilines is 1. The molecular weight excluding hydrogens is 220 g/mol. The van der Waals surface area contributed by atoms with Crippen LogP contribution in [0.3, 0.4) is 0 Å². The molecule has 0 saturated carbocycles. The molecule has 0 aromatic heterocycles. The van der Waals surface area contributed by atoms with Crippen LogP contribution < -0.4 is 5.73 Å². The Bertz CT molecular complexity index is 345. The topological polar surface area (TPSA) is 29.3 Å². The van der Waals surface area contributed by atoms with Crippen molar-refractivity contribution in [2.45, 2.75) is 46.6 Å². The van der Waals surface area contributed by atoms with Crippen molar-refractivity contribution < 1.29 is 0 Å². The molecule has 18 heavy (non-hydrogen) atoms. The summed E-state index contributed by atoms with van der Waals surface area (Å²) in [5.41, 5.74) is 8.05. The van der Waals surface area contributed by atoms with E-state index < -0.39 is 0 Å². The lowest BCUT2D eigenvalue weighted by molar-refractivity contribution is 0.181. The van der Waals surface area contributed by atoms with Gasteiger partial charge in [-0.25, -0.2) is 0 Å². The molecule has 1 unspecified atom stereocenters. The van der Waals surface area contributed by atoms with E-state index in [0.717, 1.165) is 18.2 Å². The summed E-state index contributed by atoms with van der Waals surface area (Å²) in [6, 6.07) is 8.72. The van der Waals surface area contributed by atoms with E-state index in [4.69, 9.17) is 5.73 Å². The Morgan fingerprint density at radius 1 is 1.17 bits per heavy atom. The molecule has 0 bridgehead atoms. The lowest BCUT2D eigenvalue weighted by atomic mass is 10.00.